The van der Waals surface area contributed by atoms with Crippen molar-refractivity contribution in [1.82, 2.24) is 0 Å². The Morgan fingerprint density at radius 3 is 2.67 bits per heavy atom. The topological polar surface area (TPSA) is 35.2 Å². The molecular weight excluding hydrogens is 222 g/mol. The maximum atomic E-state index is 5.97. The average Bonchev–Trinajstić information content (AvgIpc) is 2.44. The molecule has 0 saturated heterocycles. The van der Waals surface area contributed by atoms with E-state index in [0.717, 1.165) is 12.2 Å². The monoisotopic (exact) mass is 239 g/mol. The Morgan fingerprint density at radius 1 is 1.11 bits per heavy atom. The van der Waals surface area contributed by atoms with Crippen LogP contribution in [-0.4, -0.2) is 13.7 Å². The molecule has 0 amide bonds. The van der Waals surface area contributed by atoms with E-state index in [-0.39, 0.29) is 0 Å². The van der Waals surface area contributed by atoms with E-state index in [4.69, 9.17) is 10.5 Å². The lowest BCUT2D eigenvalue weighted by atomic mass is 9.78. The van der Waals surface area contributed by atoms with Crippen molar-refractivity contribution in [2.24, 2.45) is 5.73 Å². The zero-order valence-corrected chi connectivity index (χ0v) is 10.5. The SMILES string of the molecule is COc1ccc2c(c1)Cc1ccccc1[C@@H]2CN. The number of hydrogen-bond donors (Lipinski definition) is 1. The van der Waals surface area contributed by atoms with E-state index in [1.165, 1.54) is 22.3 Å². The van der Waals surface area contributed by atoms with E-state index in [0.29, 0.717) is 12.5 Å². The van der Waals surface area contributed by atoms with Gasteiger partial charge in [-0.3, -0.25) is 0 Å². The summed E-state index contributed by atoms with van der Waals surface area (Å²) in [6.45, 7) is 0.649. The number of benzene rings is 2. The second-order valence-corrected chi connectivity index (χ2v) is 4.73. The minimum absolute atomic E-state index is 0.316. The number of nitrogens with two attached hydrogens (primary N) is 1. The highest BCUT2D eigenvalue weighted by atomic mass is 16.5. The molecule has 2 nitrogen and oxygen atoms in total. The number of hydrogen-bond acceptors (Lipinski definition) is 2. The zero-order chi connectivity index (χ0) is 12.5. The molecule has 0 aliphatic heterocycles. The molecule has 1 atom stereocenters. The van der Waals surface area contributed by atoms with Gasteiger partial charge in [0.1, 0.15) is 5.75 Å². The normalized spacial score (nSPS) is 16.9. The van der Waals surface area contributed by atoms with Gasteiger partial charge in [-0.2, -0.15) is 0 Å². The van der Waals surface area contributed by atoms with E-state index in [9.17, 15) is 0 Å². The molecule has 0 radical (unpaired) electrons. The lowest BCUT2D eigenvalue weighted by Gasteiger charge is -2.27. The largest absolute Gasteiger partial charge is 0.497 e. The van der Waals surface area contributed by atoms with Crippen LogP contribution in [0.3, 0.4) is 0 Å². The Labute approximate surface area is 107 Å². The predicted molar refractivity (Wildman–Crippen MR) is 73.1 cm³/mol. The summed E-state index contributed by atoms with van der Waals surface area (Å²) in [5.74, 6) is 1.24. The number of rotatable bonds is 2. The van der Waals surface area contributed by atoms with E-state index >= 15 is 0 Å². The van der Waals surface area contributed by atoms with Crippen LogP contribution in [0.15, 0.2) is 42.5 Å². The molecule has 0 aromatic heterocycles. The van der Waals surface area contributed by atoms with Gasteiger partial charge in [-0.1, -0.05) is 30.3 Å². The van der Waals surface area contributed by atoms with Crippen molar-refractivity contribution in [2.45, 2.75) is 12.3 Å². The molecule has 0 spiro atoms. The lowest BCUT2D eigenvalue weighted by molar-refractivity contribution is 0.414. The van der Waals surface area contributed by atoms with E-state index < -0.39 is 0 Å². The first-order valence-electron chi connectivity index (χ1n) is 6.28. The molecule has 1 aliphatic carbocycles. The van der Waals surface area contributed by atoms with Crippen LogP contribution in [0, 0.1) is 0 Å². The Balaban J connectivity index is 2.14. The molecule has 1 aliphatic rings. The maximum Gasteiger partial charge on any atom is 0.119 e. The molecule has 2 heteroatoms. The maximum absolute atomic E-state index is 5.97. The summed E-state index contributed by atoms with van der Waals surface area (Å²) >= 11 is 0. The standard InChI is InChI=1S/C16H17NO/c1-18-13-6-7-15-12(9-13)8-11-4-2-3-5-14(11)16(15)10-17/h2-7,9,16H,8,10,17H2,1H3/t16-/m0/s1. The van der Waals surface area contributed by atoms with Crippen LogP contribution < -0.4 is 10.5 Å². The van der Waals surface area contributed by atoms with Crippen LogP contribution in [0.25, 0.3) is 0 Å². The van der Waals surface area contributed by atoms with Crippen molar-refractivity contribution in [1.29, 1.82) is 0 Å². The van der Waals surface area contributed by atoms with Crippen LogP contribution in [0.5, 0.6) is 5.75 Å². The van der Waals surface area contributed by atoms with Crippen LogP contribution in [-0.2, 0) is 6.42 Å². The van der Waals surface area contributed by atoms with Crippen molar-refractivity contribution in [3.05, 3.63) is 64.7 Å². The first-order chi connectivity index (χ1) is 8.83. The molecule has 0 bridgehead atoms. The highest BCUT2D eigenvalue weighted by molar-refractivity contribution is 5.51. The molecule has 3 rings (SSSR count). The highest BCUT2D eigenvalue weighted by Gasteiger charge is 2.24. The molecule has 0 saturated carbocycles. The van der Waals surface area contributed by atoms with Crippen molar-refractivity contribution >= 4 is 0 Å². The van der Waals surface area contributed by atoms with Gasteiger partial charge in [0, 0.05) is 12.5 Å². The van der Waals surface area contributed by atoms with E-state index in [1.807, 2.05) is 6.07 Å². The minimum Gasteiger partial charge on any atom is -0.497 e. The van der Waals surface area contributed by atoms with Crippen LogP contribution >= 0.6 is 0 Å². The lowest BCUT2D eigenvalue weighted by Crippen LogP contribution is -2.20. The second kappa shape index (κ2) is 4.46. The first kappa shape index (κ1) is 11.3. The van der Waals surface area contributed by atoms with Gasteiger partial charge in [-0.25, -0.2) is 0 Å². The third-order valence-corrected chi connectivity index (χ3v) is 3.77. The number of ether oxygens (including phenoxy) is 1. The molecule has 2 aromatic rings. The van der Waals surface area contributed by atoms with Gasteiger partial charge in [0.15, 0.2) is 0 Å². The molecular formula is C16H17NO. The fourth-order valence-electron chi connectivity index (χ4n) is 2.86. The van der Waals surface area contributed by atoms with Crippen molar-refractivity contribution in [3.8, 4) is 5.75 Å². The highest BCUT2D eigenvalue weighted by Crippen LogP contribution is 2.37. The van der Waals surface area contributed by atoms with Crippen LogP contribution in [0.4, 0.5) is 0 Å². The van der Waals surface area contributed by atoms with Crippen LogP contribution in [0.1, 0.15) is 28.2 Å². The third kappa shape index (κ3) is 1.70. The predicted octanol–water partition coefficient (Wildman–Crippen LogP) is 2.69. The number of methoxy groups -OCH3 is 1. The smallest absolute Gasteiger partial charge is 0.119 e. The Hall–Kier alpha value is -1.80. The summed E-state index contributed by atoms with van der Waals surface area (Å²) in [6.07, 6.45) is 0.971. The van der Waals surface area contributed by atoms with Crippen molar-refractivity contribution in [3.63, 3.8) is 0 Å². The molecule has 2 aromatic carbocycles. The van der Waals surface area contributed by atoms with Crippen molar-refractivity contribution in [2.75, 3.05) is 13.7 Å². The summed E-state index contributed by atoms with van der Waals surface area (Å²) in [5, 5.41) is 0. The summed E-state index contributed by atoms with van der Waals surface area (Å²) < 4.78 is 5.31. The number of fused-ring (bicyclic) bond motifs is 2. The third-order valence-electron chi connectivity index (χ3n) is 3.77. The molecule has 0 heterocycles. The molecule has 0 fully saturated rings. The Kier molecular flexibility index (Phi) is 2.80. The van der Waals surface area contributed by atoms with Crippen LogP contribution in [0.2, 0.25) is 0 Å². The van der Waals surface area contributed by atoms with Gasteiger partial charge in [0.05, 0.1) is 7.11 Å². The van der Waals surface area contributed by atoms with E-state index in [1.54, 1.807) is 7.11 Å². The molecule has 0 unspecified atom stereocenters. The van der Waals surface area contributed by atoms with Gasteiger partial charge in [0.2, 0.25) is 0 Å². The summed E-state index contributed by atoms with van der Waals surface area (Å²) in [5.41, 5.74) is 11.4. The fourth-order valence-corrected chi connectivity index (χ4v) is 2.86. The van der Waals surface area contributed by atoms with Crippen molar-refractivity contribution < 1.29 is 4.74 Å². The first-order valence-corrected chi connectivity index (χ1v) is 6.28. The summed E-state index contributed by atoms with van der Waals surface area (Å²) in [7, 11) is 1.71. The Morgan fingerprint density at radius 2 is 1.89 bits per heavy atom. The average molecular weight is 239 g/mol. The van der Waals surface area contributed by atoms with Gasteiger partial charge in [-0.05, 0) is 40.8 Å². The fraction of sp³-hybridized carbons (Fsp3) is 0.250. The van der Waals surface area contributed by atoms with E-state index in [2.05, 4.69) is 36.4 Å². The van der Waals surface area contributed by atoms with Gasteiger partial charge in [0.25, 0.3) is 0 Å². The zero-order valence-electron chi connectivity index (χ0n) is 10.5. The summed E-state index contributed by atoms with van der Waals surface area (Å²) in [6, 6.07) is 14.9. The quantitative estimate of drug-likeness (QED) is 0.874. The minimum atomic E-state index is 0.316. The van der Waals surface area contributed by atoms with Gasteiger partial charge >= 0.3 is 0 Å². The molecule has 2 N–H and O–H groups in total. The molecule has 18 heavy (non-hydrogen) atoms. The van der Waals surface area contributed by atoms with Gasteiger partial charge < -0.3 is 10.5 Å². The second-order valence-electron chi connectivity index (χ2n) is 4.73. The van der Waals surface area contributed by atoms with Gasteiger partial charge in [-0.15, -0.1) is 0 Å². The molecule has 92 valence electrons. The summed E-state index contributed by atoms with van der Waals surface area (Å²) in [4.78, 5) is 0. The Bertz CT molecular complexity index is 577.